The molecule has 2 N–H and O–H groups in total. The van der Waals surface area contributed by atoms with E-state index in [1.54, 1.807) is 0 Å². The molecular weight excluding hydrogens is 374 g/mol. The number of benzene rings is 1. The van der Waals surface area contributed by atoms with Crippen LogP contribution in [0.1, 0.15) is 0 Å². The van der Waals surface area contributed by atoms with Crippen LogP contribution in [0.2, 0.25) is 0 Å². The van der Waals surface area contributed by atoms with Gasteiger partial charge in [-0.25, -0.2) is 4.79 Å². The highest BCUT2D eigenvalue weighted by Crippen LogP contribution is 2.41. The smallest absolute Gasteiger partial charge is 0.393 e. The molecule has 0 amide bonds. The molecule has 0 fully saturated rings. The average Bonchev–Trinajstić information content (AvgIpc) is 2.13. The summed E-state index contributed by atoms with van der Waals surface area (Å²) in [5, 5.41) is 13.7. The fourth-order valence-corrected chi connectivity index (χ4v) is 3.02. The summed E-state index contributed by atoms with van der Waals surface area (Å²) in [6, 6.07) is 2.42. The Morgan fingerprint density at radius 3 is 2.12 bits per heavy atom. The molecule has 0 heterocycles. The summed E-state index contributed by atoms with van der Waals surface area (Å²) < 4.78 is 26.1. The molecule has 0 aliphatic heterocycles. The van der Waals surface area contributed by atoms with Crippen LogP contribution in [0.5, 0.6) is 5.75 Å². The van der Waals surface area contributed by atoms with E-state index in [0.717, 1.165) is 0 Å². The number of aliphatic carboxylic acids is 1. The molecule has 0 unspecified atom stereocenters. The minimum absolute atomic E-state index is 0.0175. The summed E-state index contributed by atoms with van der Waals surface area (Å²) in [5.74, 6) is -2.35. The van der Waals surface area contributed by atoms with Gasteiger partial charge in [0.2, 0.25) is 0 Å². The number of hydrogen-bond acceptors (Lipinski definition) is 3. The third-order valence-electron chi connectivity index (χ3n) is 1.49. The first kappa shape index (κ1) is 13.7. The van der Waals surface area contributed by atoms with Crippen molar-refractivity contribution in [1.29, 1.82) is 0 Å². The van der Waals surface area contributed by atoms with E-state index in [2.05, 4.69) is 31.9 Å². The predicted octanol–water partition coefficient (Wildman–Crippen LogP) is 3.69. The third-order valence-corrected chi connectivity index (χ3v) is 3.60. The Kier molecular flexibility index (Phi) is 4.19. The Morgan fingerprint density at radius 2 is 1.75 bits per heavy atom. The molecule has 88 valence electrons. The Hall–Kier alpha value is -0.340. The number of halogens is 4. The summed E-state index contributed by atoms with van der Waals surface area (Å²) in [5.41, 5.74) is 0. The van der Waals surface area contributed by atoms with E-state index in [0.29, 0.717) is 0 Å². The Morgan fingerprint density at radius 1 is 1.31 bits per heavy atom. The van der Waals surface area contributed by atoms with Gasteiger partial charge >= 0.3 is 11.2 Å². The van der Waals surface area contributed by atoms with Gasteiger partial charge in [-0.15, -0.1) is 0 Å². The zero-order valence-corrected chi connectivity index (χ0v) is 11.4. The number of alkyl halides is 2. The largest absolute Gasteiger partial charge is 0.506 e. The number of thioether (sulfide) groups is 1. The molecule has 1 rings (SSSR count). The molecule has 0 aliphatic rings. The zero-order chi connectivity index (χ0) is 12.5. The maximum absolute atomic E-state index is 12.9. The van der Waals surface area contributed by atoms with Gasteiger partial charge in [0.05, 0.1) is 8.95 Å². The lowest BCUT2D eigenvalue weighted by molar-refractivity contribution is -0.152. The fraction of sp³-hybridized carbons (Fsp3) is 0.125. The van der Waals surface area contributed by atoms with Crippen molar-refractivity contribution >= 4 is 49.6 Å². The average molecular weight is 378 g/mol. The normalized spacial score (nSPS) is 11.5. The minimum Gasteiger partial charge on any atom is -0.506 e. The molecule has 0 spiro atoms. The van der Waals surface area contributed by atoms with E-state index in [1.807, 2.05) is 0 Å². The van der Waals surface area contributed by atoms with Crippen LogP contribution < -0.4 is 0 Å². The SMILES string of the molecule is O=C(O)C(F)(F)Sc1cc(Br)c(O)c(Br)c1. The maximum atomic E-state index is 12.9. The summed E-state index contributed by atoms with van der Waals surface area (Å²) in [7, 11) is 0. The molecule has 0 radical (unpaired) electrons. The fourth-order valence-electron chi connectivity index (χ4n) is 0.793. The van der Waals surface area contributed by atoms with Crippen molar-refractivity contribution in [2.75, 3.05) is 0 Å². The van der Waals surface area contributed by atoms with Gasteiger partial charge in [-0.1, -0.05) is 0 Å². The monoisotopic (exact) mass is 376 g/mol. The van der Waals surface area contributed by atoms with Gasteiger partial charge in [0.25, 0.3) is 0 Å². The number of carbonyl (C=O) groups is 1. The molecule has 0 atom stereocenters. The van der Waals surface area contributed by atoms with Gasteiger partial charge in [0.15, 0.2) is 0 Å². The molecule has 8 heteroatoms. The highest BCUT2D eigenvalue weighted by atomic mass is 79.9. The summed E-state index contributed by atoms with van der Waals surface area (Å²) >= 11 is 5.80. The van der Waals surface area contributed by atoms with Crippen LogP contribution in [0.25, 0.3) is 0 Å². The molecule has 0 aromatic heterocycles. The Bertz CT molecular complexity index is 416. The lowest BCUT2D eigenvalue weighted by atomic mass is 10.3. The van der Waals surface area contributed by atoms with Crippen LogP contribution in [0.3, 0.4) is 0 Å². The van der Waals surface area contributed by atoms with Crippen LogP contribution in [0, 0.1) is 0 Å². The van der Waals surface area contributed by atoms with Gasteiger partial charge in [-0.2, -0.15) is 8.78 Å². The number of carboxylic acids is 1. The van der Waals surface area contributed by atoms with Gasteiger partial charge in [0, 0.05) is 4.90 Å². The maximum Gasteiger partial charge on any atom is 0.393 e. The van der Waals surface area contributed by atoms with Crippen LogP contribution in [0.4, 0.5) is 8.78 Å². The predicted molar refractivity (Wildman–Crippen MR) is 61.9 cm³/mol. The lowest BCUT2D eigenvalue weighted by Gasteiger charge is -2.11. The second kappa shape index (κ2) is 4.89. The summed E-state index contributed by atoms with van der Waals surface area (Å²) in [6.07, 6.45) is 0. The van der Waals surface area contributed by atoms with E-state index in [1.165, 1.54) is 12.1 Å². The molecule has 16 heavy (non-hydrogen) atoms. The molecule has 3 nitrogen and oxygen atoms in total. The number of aromatic hydroxyl groups is 1. The Balaban J connectivity index is 3.04. The molecule has 0 aliphatic carbocycles. The van der Waals surface area contributed by atoms with Gasteiger partial charge in [-0.05, 0) is 55.8 Å². The number of carboxylic acid groups (broad SMARTS) is 1. The molecular formula is C8H4Br2F2O3S. The second-order valence-corrected chi connectivity index (χ2v) is 5.56. The minimum atomic E-state index is -3.91. The standard InChI is InChI=1S/C8H4Br2F2O3S/c9-4-1-3(2-5(10)6(4)13)16-8(11,12)7(14)15/h1-2,13H,(H,14,15). The van der Waals surface area contributed by atoms with Crippen molar-refractivity contribution in [3.8, 4) is 5.75 Å². The van der Waals surface area contributed by atoms with Crippen molar-refractivity contribution in [2.24, 2.45) is 0 Å². The first-order valence-electron chi connectivity index (χ1n) is 3.72. The van der Waals surface area contributed by atoms with E-state index >= 15 is 0 Å². The number of phenolic OH excluding ortho intramolecular Hbond substituents is 1. The zero-order valence-electron chi connectivity index (χ0n) is 7.38. The molecule has 0 saturated carbocycles. The van der Waals surface area contributed by atoms with Crippen molar-refractivity contribution in [3.63, 3.8) is 0 Å². The quantitative estimate of drug-likeness (QED) is 0.789. The molecule has 0 saturated heterocycles. The number of rotatable bonds is 3. The van der Waals surface area contributed by atoms with E-state index in [-0.39, 0.29) is 31.4 Å². The molecule has 0 bridgehead atoms. The summed E-state index contributed by atoms with van der Waals surface area (Å²) in [4.78, 5) is 10.2. The molecule has 1 aromatic carbocycles. The Labute approximate surface area is 110 Å². The second-order valence-electron chi connectivity index (χ2n) is 2.66. The van der Waals surface area contributed by atoms with Gasteiger partial charge in [-0.3, -0.25) is 0 Å². The van der Waals surface area contributed by atoms with Crippen LogP contribution in [-0.4, -0.2) is 21.4 Å². The van der Waals surface area contributed by atoms with Gasteiger partial charge in [0.1, 0.15) is 5.75 Å². The van der Waals surface area contributed by atoms with Crippen molar-refractivity contribution < 1.29 is 23.8 Å². The number of hydrogen-bond donors (Lipinski definition) is 2. The van der Waals surface area contributed by atoms with Crippen molar-refractivity contribution in [2.45, 2.75) is 10.2 Å². The van der Waals surface area contributed by atoms with E-state index in [9.17, 15) is 18.7 Å². The summed E-state index contributed by atoms with van der Waals surface area (Å²) in [6.45, 7) is 0. The van der Waals surface area contributed by atoms with Crippen LogP contribution >= 0.6 is 43.6 Å². The third kappa shape index (κ3) is 3.08. The van der Waals surface area contributed by atoms with Gasteiger partial charge < -0.3 is 10.2 Å². The highest BCUT2D eigenvalue weighted by Gasteiger charge is 2.40. The van der Waals surface area contributed by atoms with Crippen molar-refractivity contribution in [3.05, 3.63) is 21.1 Å². The topological polar surface area (TPSA) is 57.5 Å². The van der Waals surface area contributed by atoms with E-state index in [4.69, 9.17) is 5.11 Å². The number of phenols is 1. The van der Waals surface area contributed by atoms with E-state index < -0.39 is 11.2 Å². The van der Waals surface area contributed by atoms with Crippen LogP contribution in [-0.2, 0) is 4.79 Å². The lowest BCUT2D eigenvalue weighted by Crippen LogP contribution is -2.23. The first-order valence-corrected chi connectivity index (χ1v) is 6.12. The first-order chi connectivity index (χ1) is 7.24. The van der Waals surface area contributed by atoms with Crippen molar-refractivity contribution in [1.82, 2.24) is 0 Å². The highest BCUT2D eigenvalue weighted by molar-refractivity contribution is 9.11. The van der Waals surface area contributed by atoms with Crippen LogP contribution in [0.15, 0.2) is 26.0 Å². The molecule has 1 aromatic rings.